The van der Waals surface area contributed by atoms with Crippen molar-refractivity contribution in [3.8, 4) is 0 Å². The van der Waals surface area contributed by atoms with Crippen molar-refractivity contribution in [2.75, 3.05) is 19.7 Å². The van der Waals surface area contributed by atoms with Crippen LogP contribution in [0, 0.1) is 11.7 Å². The zero-order chi connectivity index (χ0) is 17.6. The first-order valence-electron chi connectivity index (χ1n) is 8.63. The second-order valence-corrected chi connectivity index (χ2v) is 7.38. The molecular weight excluding hydrogens is 309 g/mol. The summed E-state index contributed by atoms with van der Waals surface area (Å²) in [6, 6.07) is 6.39. The summed E-state index contributed by atoms with van der Waals surface area (Å²) < 4.78 is 23.9. The number of halogens is 1. The highest BCUT2D eigenvalue weighted by Crippen LogP contribution is 2.22. The van der Waals surface area contributed by atoms with Crippen molar-refractivity contribution in [1.29, 1.82) is 0 Å². The third-order valence-electron chi connectivity index (χ3n) is 4.12. The third-order valence-corrected chi connectivity index (χ3v) is 4.12. The predicted octanol–water partition coefficient (Wildman–Crippen LogP) is 4.38. The van der Waals surface area contributed by atoms with Crippen LogP contribution in [0.25, 0.3) is 0 Å². The first-order valence-corrected chi connectivity index (χ1v) is 8.63. The molecule has 0 spiro atoms. The lowest BCUT2D eigenvalue weighted by molar-refractivity contribution is 0.0164. The van der Waals surface area contributed by atoms with E-state index >= 15 is 0 Å². The van der Waals surface area contributed by atoms with Gasteiger partial charge in [-0.05, 0) is 63.6 Å². The van der Waals surface area contributed by atoms with Gasteiger partial charge in [-0.1, -0.05) is 12.1 Å². The van der Waals surface area contributed by atoms with Crippen LogP contribution in [0.5, 0.6) is 0 Å². The fraction of sp³-hybridized carbons (Fsp3) is 0.632. The molecule has 4 nitrogen and oxygen atoms in total. The maximum Gasteiger partial charge on any atom is 0.410 e. The normalized spacial score (nSPS) is 16.2. The van der Waals surface area contributed by atoms with Crippen LogP contribution in [-0.4, -0.2) is 36.3 Å². The zero-order valence-electron chi connectivity index (χ0n) is 14.9. The molecular formula is C19H28FNO3. The summed E-state index contributed by atoms with van der Waals surface area (Å²) >= 11 is 0. The van der Waals surface area contributed by atoms with E-state index in [2.05, 4.69) is 0 Å². The Kier molecular flexibility index (Phi) is 6.60. The highest BCUT2D eigenvalue weighted by atomic mass is 19.1. The highest BCUT2D eigenvalue weighted by molar-refractivity contribution is 5.68. The molecule has 0 aromatic heterocycles. The fourth-order valence-corrected chi connectivity index (χ4v) is 2.75. The largest absolute Gasteiger partial charge is 0.444 e. The third kappa shape index (κ3) is 6.48. The van der Waals surface area contributed by atoms with Crippen LogP contribution < -0.4 is 0 Å². The van der Waals surface area contributed by atoms with Crippen LogP contribution in [0.2, 0.25) is 0 Å². The number of carbonyl (C=O) groups is 1. The number of carbonyl (C=O) groups excluding carboxylic acids is 1. The monoisotopic (exact) mass is 337 g/mol. The minimum atomic E-state index is -0.442. The van der Waals surface area contributed by atoms with E-state index in [1.807, 2.05) is 20.8 Å². The Morgan fingerprint density at radius 3 is 2.42 bits per heavy atom. The molecule has 134 valence electrons. The number of hydrogen-bond acceptors (Lipinski definition) is 3. The molecule has 1 saturated heterocycles. The summed E-state index contributed by atoms with van der Waals surface area (Å²) in [7, 11) is 0. The van der Waals surface area contributed by atoms with Gasteiger partial charge in [-0.25, -0.2) is 9.18 Å². The van der Waals surface area contributed by atoms with Gasteiger partial charge in [-0.3, -0.25) is 0 Å². The summed E-state index contributed by atoms with van der Waals surface area (Å²) in [6.07, 6.45) is 2.75. The zero-order valence-corrected chi connectivity index (χ0v) is 14.9. The van der Waals surface area contributed by atoms with Gasteiger partial charge in [0.05, 0.1) is 6.61 Å². The Hall–Kier alpha value is -1.62. The topological polar surface area (TPSA) is 38.8 Å². The molecule has 1 fully saturated rings. The van der Waals surface area contributed by atoms with Gasteiger partial charge >= 0.3 is 6.09 Å². The number of benzene rings is 1. The Morgan fingerprint density at radius 2 is 1.83 bits per heavy atom. The maximum absolute atomic E-state index is 12.8. The molecule has 0 bridgehead atoms. The molecule has 1 aliphatic rings. The van der Waals surface area contributed by atoms with Crippen LogP contribution in [-0.2, 0) is 16.1 Å². The minimum absolute atomic E-state index is 0.214. The van der Waals surface area contributed by atoms with E-state index < -0.39 is 5.60 Å². The molecule has 2 rings (SSSR count). The highest BCUT2D eigenvalue weighted by Gasteiger charge is 2.26. The maximum atomic E-state index is 12.8. The van der Waals surface area contributed by atoms with Crippen molar-refractivity contribution in [3.63, 3.8) is 0 Å². The quantitative estimate of drug-likeness (QED) is 0.749. The first-order chi connectivity index (χ1) is 11.3. The molecule has 0 radical (unpaired) electrons. The molecule has 1 aromatic carbocycles. The van der Waals surface area contributed by atoms with Crippen LogP contribution in [0.1, 0.15) is 45.6 Å². The van der Waals surface area contributed by atoms with E-state index in [-0.39, 0.29) is 11.9 Å². The molecule has 0 atom stereocenters. The minimum Gasteiger partial charge on any atom is -0.444 e. The molecule has 24 heavy (non-hydrogen) atoms. The summed E-state index contributed by atoms with van der Waals surface area (Å²) in [5.74, 6) is 0.354. The van der Waals surface area contributed by atoms with Gasteiger partial charge in [0, 0.05) is 19.7 Å². The number of ether oxygens (including phenoxy) is 2. The van der Waals surface area contributed by atoms with Gasteiger partial charge in [0.2, 0.25) is 0 Å². The van der Waals surface area contributed by atoms with Gasteiger partial charge < -0.3 is 14.4 Å². The van der Waals surface area contributed by atoms with Crippen LogP contribution in [0.15, 0.2) is 24.3 Å². The van der Waals surface area contributed by atoms with E-state index in [0.717, 1.165) is 37.9 Å². The summed E-state index contributed by atoms with van der Waals surface area (Å²) in [6.45, 7) is 8.35. The fourth-order valence-electron chi connectivity index (χ4n) is 2.75. The number of likely N-dealkylation sites (tertiary alicyclic amines) is 1. The van der Waals surface area contributed by atoms with Crippen LogP contribution in [0.3, 0.4) is 0 Å². The van der Waals surface area contributed by atoms with Gasteiger partial charge in [0.15, 0.2) is 0 Å². The van der Waals surface area contributed by atoms with Gasteiger partial charge in [-0.2, -0.15) is 0 Å². The van der Waals surface area contributed by atoms with Crippen molar-refractivity contribution in [1.82, 2.24) is 4.90 Å². The van der Waals surface area contributed by atoms with E-state index in [1.54, 1.807) is 17.0 Å². The van der Waals surface area contributed by atoms with Crippen molar-refractivity contribution in [2.45, 2.75) is 52.2 Å². The summed E-state index contributed by atoms with van der Waals surface area (Å²) in [4.78, 5) is 13.8. The smallest absolute Gasteiger partial charge is 0.410 e. The standard InChI is InChI=1S/C19H28FNO3/c1-19(2,3)24-18(22)21-11-8-15(9-12-21)10-13-23-14-16-4-6-17(20)7-5-16/h4-7,15H,8-14H2,1-3H3. The second-order valence-electron chi connectivity index (χ2n) is 7.38. The number of rotatable bonds is 5. The number of hydrogen-bond donors (Lipinski definition) is 0. The molecule has 1 aromatic rings. The van der Waals surface area contributed by atoms with Gasteiger partial charge in [0.25, 0.3) is 0 Å². The average molecular weight is 337 g/mol. The summed E-state index contributed by atoms with van der Waals surface area (Å²) in [5, 5.41) is 0. The van der Waals surface area contributed by atoms with Gasteiger partial charge in [0.1, 0.15) is 11.4 Å². The van der Waals surface area contributed by atoms with E-state index in [0.29, 0.717) is 19.1 Å². The average Bonchev–Trinajstić information content (AvgIpc) is 2.52. The lowest BCUT2D eigenvalue weighted by Crippen LogP contribution is -2.41. The summed E-state index contributed by atoms with van der Waals surface area (Å²) in [5.41, 5.74) is 0.540. The van der Waals surface area contributed by atoms with E-state index in [4.69, 9.17) is 9.47 Å². The molecule has 1 amide bonds. The van der Waals surface area contributed by atoms with Crippen molar-refractivity contribution in [2.24, 2.45) is 5.92 Å². The van der Waals surface area contributed by atoms with E-state index in [9.17, 15) is 9.18 Å². The van der Waals surface area contributed by atoms with Crippen molar-refractivity contribution in [3.05, 3.63) is 35.6 Å². The lowest BCUT2D eigenvalue weighted by Gasteiger charge is -2.33. The lowest BCUT2D eigenvalue weighted by atomic mass is 9.94. The van der Waals surface area contributed by atoms with Crippen molar-refractivity contribution < 1.29 is 18.7 Å². The molecule has 1 aliphatic heterocycles. The Balaban J connectivity index is 1.61. The van der Waals surface area contributed by atoms with Gasteiger partial charge in [-0.15, -0.1) is 0 Å². The molecule has 0 unspecified atom stereocenters. The molecule has 0 aliphatic carbocycles. The van der Waals surface area contributed by atoms with Crippen molar-refractivity contribution >= 4 is 6.09 Å². The number of nitrogens with zero attached hydrogens (tertiary/aromatic N) is 1. The SMILES string of the molecule is CC(C)(C)OC(=O)N1CCC(CCOCc2ccc(F)cc2)CC1. The molecule has 0 saturated carbocycles. The van der Waals surface area contributed by atoms with Crippen LogP contribution in [0.4, 0.5) is 9.18 Å². The van der Waals surface area contributed by atoms with E-state index in [1.165, 1.54) is 12.1 Å². The number of piperidine rings is 1. The Bertz CT molecular complexity index is 516. The first kappa shape index (κ1) is 18.7. The molecule has 1 heterocycles. The Labute approximate surface area is 143 Å². The van der Waals surface area contributed by atoms with Crippen LogP contribution >= 0.6 is 0 Å². The predicted molar refractivity (Wildman–Crippen MR) is 91.2 cm³/mol. The number of amides is 1. The molecule has 5 heteroatoms. The molecule has 0 N–H and O–H groups in total. The Morgan fingerprint density at radius 1 is 1.21 bits per heavy atom. The second kappa shape index (κ2) is 8.47.